The molecule has 1 fully saturated rings. The van der Waals surface area contributed by atoms with Crippen LogP contribution in [-0.4, -0.2) is 19.2 Å². The molecule has 1 aliphatic carbocycles. The van der Waals surface area contributed by atoms with Gasteiger partial charge < -0.3 is 14.2 Å². The Balaban J connectivity index is 1.59. The molecule has 2 atom stereocenters. The van der Waals surface area contributed by atoms with E-state index < -0.39 is 0 Å². The first-order chi connectivity index (χ1) is 7.42. The highest BCUT2D eigenvalue weighted by molar-refractivity contribution is 5.47. The van der Waals surface area contributed by atoms with Gasteiger partial charge in [-0.1, -0.05) is 12.2 Å². The molecule has 3 nitrogen and oxygen atoms in total. The first-order valence-corrected chi connectivity index (χ1v) is 5.46. The van der Waals surface area contributed by atoms with Crippen molar-refractivity contribution in [1.29, 1.82) is 0 Å². The molecule has 0 aromatic heterocycles. The Morgan fingerprint density at radius 1 is 1.33 bits per heavy atom. The van der Waals surface area contributed by atoms with Gasteiger partial charge in [-0.2, -0.15) is 0 Å². The van der Waals surface area contributed by atoms with Crippen LogP contribution in [-0.2, 0) is 14.2 Å². The van der Waals surface area contributed by atoms with Crippen molar-refractivity contribution < 1.29 is 14.2 Å². The molecule has 3 rings (SSSR count). The van der Waals surface area contributed by atoms with E-state index in [-0.39, 0.29) is 12.6 Å². The van der Waals surface area contributed by atoms with E-state index >= 15 is 0 Å². The molecule has 2 aliphatic heterocycles. The van der Waals surface area contributed by atoms with E-state index in [1.165, 1.54) is 6.42 Å². The van der Waals surface area contributed by atoms with Crippen LogP contribution in [0.5, 0.6) is 0 Å². The van der Waals surface area contributed by atoms with Crippen molar-refractivity contribution in [1.82, 2.24) is 0 Å². The van der Waals surface area contributed by atoms with Crippen LogP contribution in [0.25, 0.3) is 0 Å². The number of hydrogen-bond donors (Lipinski definition) is 0. The summed E-state index contributed by atoms with van der Waals surface area (Å²) in [5.41, 5.74) is 1.12. The fourth-order valence-electron chi connectivity index (χ4n) is 2.00. The summed E-state index contributed by atoms with van der Waals surface area (Å²) in [6.07, 6.45) is 10.9. The van der Waals surface area contributed by atoms with E-state index in [1.54, 1.807) is 0 Å². The topological polar surface area (TPSA) is 27.7 Å². The Morgan fingerprint density at radius 3 is 3.13 bits per heavy atom. The van der Waals surface area contributed by atoms with E-state index in [1.807, 2.05) is 24.3 Å². The molecular weight excluding hydrogens is 192 g/mol. The Kier molecular flexibility index (Phi) is 2.35. The third kappa shape index (κ3) is 1.85. The van der Waals surface area contributed by atoms with E-state index in [4.69, 9.17) is 14.2 Å². The molecule has 0 N–H and O–H groups in total. The number of allylic oxidation sites excluding steroid dienone is 3. The van der Waals surface area contributed by atoms with Crippen LogP contribution in [0.15, 0.2) is 35.6 Å². The molecule has 0 bridgehead atoms. The summed E-state index contributed by atoms with van der Waals surface area (Å²) in [6.45, 7) is 0.802. The lowest BCUT2D eigenvalue weighted by molar-refractivity contribution is -0.224. The Hall–Kier alpha value is -1.06. The summed E-state index contributed by atoms with van der Waals surface area (Å²) < 4.78 is 16.8. The average molecular weight is 206 g/mol. The summed E-state index contributed by atoms with van der Waals surface area (Å²) in [4.78, 5) is 0. The number of ether oxygens (including phenoxy) is 3. The van der Waals surface area contributed by atoms with Crippen molar-refractivity contribution in [3.05, 3.63) is 35.6 Å². The smallest absolute Gasteiger partial charge is 0.223 e. The zero-order valence-electron chi connectivity index (χ0n) is 8.52. The molecule has 3 aliphatic rings. The maximum absolute atomic E-state index is 5.69. The molecule has 0 spiro atoms. The molecule has 1 saturated heterocycles. The minimum absolute atomic E-state index is 0.0935. The molecule has 3 heteroatoms. The van der Waals surface area contributed by atoms with Gasteiger partial charge in [0.25, 0.3) is 0 Å². The molecule has 80 valence electrons. The lowest BCUT2D eigenvalue weighted by Crippen LogP contribution is -2.27. The Bertz CT molecular complexity index is 335. The van der Waals surface area contributed by atoms with Crippen LogP contribution in [0.1, 0.15) is 19.3 Å². The van der Waals surface area contributed by atoms with Gasteiger partial charge in [-0.05, 0) is 31.4 Å². The van der Waals surface area contributed by atoms with Gasteiger partial charge in [0.05, 0.1) is 0 Å². The van der Waals surface area contributed by atoms with E-state index in [9.17, 15) is 0 Å². The lowest BCUT2D eigenvalue weighted by atomic mass is 10.2. The molecular formula is C12H14O3. The molecule has 0 radical (unpaired) electrons. The van der Waals surface area contributed by atoms with Gasteiger partial charge in [0.1, 0.15) is 5.76 Å². The maximum atomic E-state index is 5.69. The van der Waals surface area contributed by atoms with Gasteiger partial charge in [-0.15, -0.1) is 0 Å². The first-order valence-electron chi connectivity index (χ1n) is 5.46. The highest BCUT2D eigenvalue weighted by Gasteiger charge is 2.26. The highest BCUT2D eigenvalue weighted by Crippen LogP contribution is 2.30. The summed E-state index contributed by atoms with van der Waals surface area (Å²) in [5, 5.41) is 0. The van der Waals surface area contributed by atoms with Gasteiger partial charge in [0, 0.05) is 12.2 Å². The Morgan fingerprint density at radius 2 is 2.33 bits per heavy atom. The summed E-state index contributed by atoms with van der Waals surface area (Å²) in [5.74, 6) is 0.913. The van der Waals surface area contributed by atoms with Crippen molar-refractivity contribution in [2.24, 2.45) is 0 Å². The highest BCUT2D eigenvalue weighted by atomic mass is 16.8. The van der Waals surface area contributed by atoms with Crippen molar-refractivity contribution in [2.75, 3.05) is 6.61 Å². The van der Waals surface area contributed by atoms with Gasteiger partial charge in [-0.3, -0.25) is 0 Å². The van der Waals surface area contributed by atoms with Crippen molar-refractivity contribution >= 4 is 0 Å². The lowest BCUT2D eigenvalue weighted by Gasteiger charge is -2.24. The second kappa shape index (κ2) is 3.83. The maximum Gasteiger partial charge on any atom is 0.223 e. The normalized spacial score (nSPS) is 33.3. The van der Waals surface area contributed by atoms with Crippen LogP contribution >= 0.6 is 0 Å². The van der Waals surface area contributed by atoms with Crippen LogP contribution < -0.4 is 0 Å². The second-order valence-corrected chi connectivity index (χ2v) is 3.93. The van der Waals surface area contributed by atoms with Crippen molar-refractivity contribution in [2.45, 2.75) is 31.8 Å². The second-order valence-electron chi connectivity index (χ2n) is 3.93. The fraction of sp³-hybridized carbons (Fsp3) is 0.500. The van der Waals surface area contributed by atoms with E-state index in [0.717, 1.165) is 30.8 Å². The monoisotopic (exact) mass is 206 g/mol. The molecule has 0 saturated carbocycles. The molecule has 0 aromatic carbocycles. The number of hydrogen-bond acceptors (Lipinski definition) is 3. The minimum atomic E-state index is -0.265. The predicted octanol–water partition coefficient (Wildman–Crippen LogP) is 2.27. The zero-order chi connectivity index (χ0) is 10.1. The predicted molar refractivity (Wildman–Crippen MR) is 54.9 cm³/mol. The molecule has 15 heavy (non-hydrogen) atoms. The fourth-order valence-corrected chi connectivity index (χ4v) is 2.00. The van der Waals surface area contributed by atoms with Crippen molar-refractivity contribution in [3.8, 4) is 0 Å². The van der Waals surface area contributed by atoms with Crippen LogP contribution in [0.4, 0.5) is 0 Å². The Labute approximate surface area is 89.0 Å². The van der Waals surface area contributed by atoms with Gasteiger partial charge in [0.15, 0.2) is 6.29 Å². The minimum Gasteiger partial charge on any atom is -0.461 e. The molecule has 2 heterocycles. The quantitative estimate of drug-likeness (QED) is 0.693. The SMILES string of the molecule is C1=CC2=CC(OC3CCCCO3)OC2=C1. The standard InChI is InChI=1S/C12H14O3/c1-2-7-13-11(6-1)15-12-8-9-4-3-5-10(9)14-12/h3-5,8,11-12H,1-2,6-7H2. The van der Waals surface area contributed by atoms with Crippen LogP contribution in [0, 0.1) is 0 Å². The van der Waals surface area contributed by atoms with Crippen molar-refractivity contribution in [3.63, 3.8) is 0 Å². The summed E-state index contributed by atoms with van der Waals surface area (Å²) >= 11 is 0. The zero-order valence-corrected chi connectivity index (χ0v) is 8.52. The average Bonchev–Trinajstić information content (AvgIpc) is 2.79. The van der Waals surface area contributed by atoms with Gasteiger partial charge in [0.2, 0.25) is 6.29 Å². The molecule has 2 unspecified atom stereocenters. The summed E-state index contributed by atoms with van der Waals surface area (Å²) in [6, 6.07) is 0. The molecule has 0 aromatic rings. The van der Waals surface area contributed by atoms with E-state index in [0.29, 0.717) is 0 Å². The summed E-state index contributed by atoms with van der Waals surface area (Å²) in [7, 11) is 0. The first kappa shape index (κ1) is 9.19. The third-order valence-corrected chi connectivity index (χ3v) is 2.79. The number of rotatable bonds is 2. The third-order valence-electron chi connectivity index (χ3n) is 2.79. The van der Waals surface area contributed by atoms with Crippen LogP contribution in [0.3, 0.4) is 0 Å². The van der Waals surface area contributed by atoms with Gasteiger partial charge in [-0.25, -0.2) is 0 Å². The van der Waals surface area contributed by atoms with Gasteiger partial charge >= 0.3 is 0 Å². The molecule has 0 amide bonds. The van der Waals surface area contributed by atoms with E-state index in [2.05, 4.69) is 0 Å². The number of fused-ring (bicyclic) bond motifs is 1. The van der Waals surface area contributed by atoms with Crippen LogP contribution in [0.2, 0.25) is 0 Å². The largest absolute Gasteiger partial charge is 0.461 e.